The Morgan fingerprint density at radius 1 is 0.314 bits per heavy atom. The minimum atomic E-state index is 0.825. The maximum Gasteiger partial charge on any atom is 0.216 e. The fourth-order valence-corrected chi connectivity index (χ4v) is 8.27. The highest BCUT2D eigenvalue weighted by Gasteiger charge is 2.07. The van der Waals surface area contributed by atoms with Gasteiger partial charge in [0.15, 0.2) is 5.75 Å². The van der Waals surface area contributed by atoms with Crippen LogP contribution < -0.4 is 9.47 Å². The zero-order valence-corrected chi connectivity index (χ0v) is 35.9. The third-order valence-electron chi connectivity index (χ3n) is 11.1. The molecule has 0 N–H and O–H groups in total. The lowest BCUT2D eigenvalue weighted by molar-refractivity contribution is 0.265. The summed E-state index contributed by atoms with van der Waals surface area (Å²) in [4.78, 5) is 0. The van der Waals surface area contributed by atoms with E-state index in [1.165, 1.54) is 244 Å². The van der Waals surface area contributed by atoms with Crippen molar-refractivity contribution in [3.63, 3.8) is 0 Å². The standard InChI is InChI=1S/C48H92O2S/c1-3-5-7-9-11-13-15-17-19-21-23-25-27-29-31-33-35-37-39-41-44-49-47-43-46-51-48(47)50-45-42-40-38-36-34-32-30-28-26-24-22-20-18-16-14-12-10-8-6-4-2/h43,46H,3-42,44-45H2,1-2H3. The molecule has 0 fully saturated rings. The molecule has 0 aliphatic heterocycles. The van der Waals surface area contributed by atoms with Crippen molar-refractivity contribution < 1.29 is 9.47 Å². The highest BCUT2D eigenvalue weighted by Crippen LogP contribution is 2.34. The molecular formula is C48H92O2S. The van der Waals surface area contributed by atoms with Crippen molar-refractivity contribution in [3.8, 4) is 10.8 Å². The SMILES string of the molecule is CCCCCCCCCCCCCCCCCCCCCCOc1ccsc1OCCCCCCCCCCCCCCCCCCCCCC. The molecule has 0 aromatic carbocycles. The van der Waals surface area contributed by atoms with Crippen LogP contribution in [-0.2, 0) is 0 Å². The van der Waals surface area contributed by atoms with Gasteiger partial charge in [0.1, 0.15) is 0 Å². The third kappa shape index (κ3) is 36.1. The van der Waals surface area contributed by atoms with Crippen molar-refractivity contribution in [2.45, 2.75) is 271 Å². The minimum Gasteiger partial charge on any atom is -0.489 e. The Labute approximate surface area is 325 Å². The Balaban J connectivity index is 1.77. The first kappa shape index (κ1) is 48.3. The van der Waals surface area contributed by atoms with Gasteiger partial charge < -0.3 is 9.47 Å². The normalized spacial score (nSPS) is 11.5. The second-order valence-electron chi connectivity index (χ2n) is 16.2. The van der Waals surface area contributed by atoms with Crippen LogP contribution >= 0.6 is 11.3 Å². The Morgan fingerprint density at radius 3 is 0.824 bits per heavy atom. The molecule has 51 heavy (non-hydrogen) atoms. The first-order valence-corrected chi connectivity index (χ1v) is 24.6. The molecule has 0 aliphatic rings. The Kier molecular flexibility index (Phi) is 39.8. The van der Waals surface area contributed by atoms with E-state index >= 15 is 0 Å². The quantitative estimate of drug-likeness (QED) is 0.0622. The fourth-order valence-electron chi connectivity index (χ4n) is 7.56. The molecule has 0 saturated carbocycles. The topological polar surface area (TPSA) is 18.5 Å². The van der Waals surface area contributed by atoms with E-state index in [2.05, 4.69) is 25.3 Å². The largest absolute Gasteiger partial charge is 0.489 e. The van der Waals surface area contributed by atoms with Crippen LogP contribution in [0, 0.1) is 0 Å². The Bertz CT molecular complexity index is 700. The molecule has 0 unspecified atom stereocenters. The zero-order valence-electron chi connectivity index (χ0n) is 35.1. The molecule has 0 saturated heterocycles. The molecule has 2 nitrogen and oxygen atoms in total. The molecule has 3 heteroatoms. The van der Waals surface area contributed by atoms with Crippen LogP contribution in [0.25, 0.3) is 0 Å². The van der Waals surface area contributed by atoms with Crippen LogP contribution in [0.15, 0.2) is 11.4 Å². The van der Waals surface area contributed by atoms with Crippen LogP contribution in [0.5, 0.6) is 10.8 Å². The van der Waals surface area contributed by atoms with Crippen LogP contribution in [0.2, 0.25) is 0 Å². The fraction of sp³-hybridized carbons (Fsp3) is 0.917. The average molecular weight is 733 g/mol. The molecule has 0 radical (unpaired) electrons. The number of hydrogen-bond acceptors (Lipinski definition) is 3. The molecule has 0 aliphatic carbocycles. The average Bonchev–Trinajstić information content (AvgIpc) is 3.59. The van der Waals surface area contributed by atoms with Gasteiger partial charge in [0.05, 0.1) is 13.2 Å². The lowest BCUT2D eigenvalue weighted by Crippen LogP contribution is -2.00. The monoisotopic (exact) mass is 733 g/mol. The van der Waals surface area contributed by atoms with Crippen LogP contribution in [0.4, 0.5) is 0 Å². The Hall–Kier alpha value is -0.700. The molecule has 1 aromatic heterocycles. The second kappa shape index (κ2) is 42.0. The summed E-state index contributed by atoms with van der Waals surface area (Å²) >= 11 is 1.69. The van der Waals surface area contributed by atoms with E-state index in [9.17, 15) is 0 Å². The van der Waals surface area contributed by atoms with Crippen molar-refractivity contribution in [2.24, 2.45) is 0 Å². The summed E-state index contributed by atoms with van der Waals surface area (Å²) in [5.41, 5.74) is 0. The van der Waals surface area contributed by atoms with Gasteiger partial charge in [0.2, 0.25) is 5.06 Å². The summed E-state index contributed by atoms with van der Waals surface area (Å²) in [5.74, 6) is 0.964. The molecule has 0 amide bonds. The number of rotatable bonds is 44. The van der Waals surface area contributed by atoms with Gasteiger partial charge in [-0.1, -0.05) is 258 Å². The highest BCUT2D eigenvalue weighted by molar-refractivity contribution is 7.12. The smallest absolute Gasteiger partial charge is 0.216 e. The lowest BCUT2D eigenvalue weighted by Gasteiger charge is -2.09. The first-order chi connectivity index (χ1) is 25.4. The maximum atomic E-state index is 6.10. The molecule has 0 bridgehead atoms. The second-order valence-corrected chi connectivity index (χ2v) is 17.1. The zero-order chi connectivity index (χ0) is 36.4. The number of thiophene rings is 1. The summed E-state index contributed by atoms with van der Waals surface area (Å²) in [5, 5.41) is 3.10. The molecule has 1 aromatic rings. The lowest BCUT2D eigenvalue weighted by atomic mass is 10.0. The molecular weight excluding hydrogens is 641 g/mol. The van der Waals surface area contributed by atoms with Crippen molar-refractivity contribution in [3.05, 3.63) is 11.4 Å². The van der Waals surface area contributed by atoms with E-state index in [1.807, 2.05) is 0 Å². The van der Waals surface area contributed by atoms with Gasteiger partial charge in [-0.25, -0.2) is 0 Å². The van der Waals surface area contributed by atoms with Gasteiger partial charge in [0, 0.05) is 0 Å². The Morgan fingerprint density at radius 2 is 0.549 bits per heavy atom. The van der Waals surface area contributed by atoms with Gasteiger partial charge in [-0.15, -0.1) is 11.3 Å². The number of hydrogen-bond donors (Lipinski definition) is 0. The molecule has 1 heterocycles. The minimum absolute atomic E-state index is 0.825. The van der Waals surface area contributed by atoms with E-state index in [4.69, 9.17) is 9.47 Å². The highest BCUT2D eigenvalue weighted by atomic mass is 32.1. The first-order valence-electron chi connectivity index (χ1n) is 23.7. The van der Waals surface area contributed by atoms with Gasteiger partial charge in [-0.2, -0.15) is 0 Å². The van der Waals surface area contributed by atoms with E-state index in [0.29, 0.717) is 0 Å². The van der Waals surface area contributed by atoms with Crippen molar-refractivity contribution >= 4 is 11.3 Å². The predicted octanol–water partition coefficient (Wildman–Crippen LogP) is 18.1. The van der Waals surface area contributed by atoms with Gasteiger partial charge >= 0.3 is 0 Å². The maximum absolute atomic E-state index is 6.10. The van der Waals surface area contributed by atoms with E-state index < -0.39 is 0 Å². The summed E-state index contributed by atoms with van der Waals surface area (Å²) in [6, 6.07) is 2.09. The predicted molar refractivity (Wildman–Crippen MR) is 231 cm³/mol. The van der Waals surface area contributed by atoms with Gasteiger partial charge in [-0.05, 0) is 24.3 Å². The molecule has 0 atom stereocenters. The van der Waals surface area contributed by atoms with E-state index in [0.717, 1.165) is 36.9 Å². The van der Waals surface area contributed by atoms with Crippen LogP contribution in [0.3, 0.4) is 0 Å². The van der Waals surface area contributed by atoms with E-state index in [-0.39, 0.29) is 0 Å². The summed E-state index contributed by atoms with van der Waals surface area (Å²) < 4.78 is 12.2. The summed E-state index contributed by atoms with van der Waals surface area (Å²) in [7, 11) is 0. The van der Waals surface area contributed by atoms with Crippen LogP contribution in [-0.4, -0.2) is 13.2 Å². The molecule has 1 rings (SSSR count). The van der Waals surface area contributed by atoms with Gasteiger partial charge in [0.25, 0.3) is 0 Å². The number of ether oxygens (including phenoxy) is 2. The summed E-state index contributed by atoms with van der Waals surface area (Å²) in [6.45, 7) is 6.26. The van der Waals surface area contributed by atoms with Crippen LogP contribution in [0.1, 0.15) is 271 Å². The molecule has 0 spiro atoms. The van der Waals surface area contributed by atoms with Crippen molar-refractivity contribution in [1.82, 2.24) is 0 Å². The van der Waals surface area contributed by atoms with Crippen molar-refractivity contribution in [1.29, 1.82) is 0 Å². The van der Waals surface area contributed by atoms with Crippen molar-refractivity contribution in [2.75, 3.05) is 13.2 Å². The number of unbranched alkanes of at least 4 members (excludes halogenated alkanes) is 38. The summed E-state index contributed by atoms with van der Waals surface area (Å²) in [6.07, 6.45) is 56.9. The third-order valence-corrected chi connectivity index (χ3v) is 11.9. The van der Waals surface area contributed by atoms with E-state index in [1.54, 1.807) is 11.3 Å². The molecule has 302 valence electrons. The van der Waals surface area contributed by atoms with Gasteiger partial charge in [-0.3, -0.25) is 0 Å².